The summed E-state index contributed by atoms with van der Waals surface area (Å²) in [7, 11) is 0. The molecule has 23 heavy (non-hydrogen) atoms. The molecule has 2 fully saturated rings. The monoisotopic (exact) mass is 327 g/mol. The van der Waals surface area contributed by atoms with Crippen molar-refractivity contribution in [2.75, 3.05) is 19.6 Å². The normalized spacial score (nSPS) is 26.2. The first-order valence-corrected chi connectivity index (χ1v) is 9.05. The van der Waals surface area contributed by atoms with E-state index in [4.69, 9.17) is 0 Å². The van der Waals surface area contributed by atoms with Crippen LogP contribution in [0.5, 0.6) is 0 Å². The largest absolute Gasteiger partial charge is 0.346 e. The van der Waals surface area contributed by atoms with Gasteiger partial charge in [0.15, 0.2) is 5.01 Å². The minimum Gasteiger partial charge on any atom is -0.346 e. The standard InChI is InChI=1S/C18H21N3OS/c1-12-2-4-14(5-3-12)16-9-19-18(23-16)17(22)20-15-8-13-6-7-21(10-13)11-15/h2-5,9,13,15H,6-8,10-11H2,1H3,(H,20,22). The molecule has 1 aromatic carbocycles. The molecule has 4 nitrogen and oxygen atoms in total. The van der Waals surface area contributed by atoms with Gasteiger partial charge in [-0.05, 0) is 37.8 Å². The van der Waals surface area contributed by atoms with Gasteiger partial charge in [-0.25, -0.2) is 4.98 Å². The fourth-order valence-corrected chi connectivity index (χ4v) is 4.47. The van der Waals surface area contributed by atoms with Crippen LogP contribution in [0.4, 0.5) is 0 Å². The number of carbonyl (C=O) groups excluding carboxylic acids is 1. The number of aromatic nitrogens is 1. The highest BCUT2D eigenvalue weighted by Crippen LogP contribution is 2.28. The van der Waals surface area contributed by atoms with Crippen LogP contribution in [0.2, 0.25) is 0 Å². The highest BCUT2D eigenvalue weighted by Gasteiger charge is 2.33. The summed E-state index contributed by atoms with van der Waals surface area (Å²) >= 11 is 1.47. The quantitative estimate of drug-likeness (QED) is 0.943. The molecule has 0 radical (unpaired) electrons. The third-order valence-electron chi connectivity index (χ3n) is 4.84. The van der Waals surface area contributed by atoms with Crippen molar-refractivity contribution in [1.82, 2.24) is 15.2 Å². The smallest absolute Gasteiger partial charge is 0.280 e. The molecule has 120 valence electrons. The van der Waals surface area contributed by atoms with Crippen molar-refractivity contribution in [2.45, 2.75) is 25.8 Å². The minimum atomic E-state index is -0.0270. The van der Waals surface area contributed by atoms with Crippen molar-refractivity contribution in [3.8, 4) is 10.4 Å². The zero-order valence-corrected chi connectivity index (χ0v) is 14.1. The van der Waals surface area contributed by atoms with Gasteiger partial charge in [0.2, 0.25) is 0 Å². The molecule has 4 rings (SSSR count). The summed E-state index contributed by atoms with van der Waals surface area (Å²) in [6, 6.07) is 8.60. The lowest BCUT2D eigenvalue weighted by Crippen LogP contribution is -2.46. The van der Waals surface area contributed by atoms with Crippen molar-refractivity contribution in [2.24, 2.45) is 5.92 Å². The molecule has 2 aromatic rings. The van der Waals surface area contributed by atoms with Crippen molar-refractivity contribution < 1.29 is 4.79 Å². The SMILES string of the molecule is Cc1ccc(-c2cnc(C(=O)NC3CC4CCN(C4)C3)s2)cc1. The van der Waals surface area contributed by atoms with Gasteiger partial charge in [-0.1, -0.05) is 29.8 Å². The van der Waals surface area contributed by atoms with Gasteiger partial charge in [-0.2, -0.15) is 0 Å². The zero-order valence-electron chi connectivity index (χ0n) is 13.3. The maximum Gasteiger partial charge on any atom is 0.280 e. The Morgan fingerprint density at radius 1 is 1.30 bits per heavy atom. The third kappa shape index (κ3) is 3.16. The fraction of sp³-hybridized carbons (Fsp3) is 0.444. The van der Waals surface area contributed by atoms with Gasteiger partial charge in [0, 0.05) is 25.3 Å². The molecule has 3 atom stereocenters. The third-order valence-corrected chi connectivity index (χ3v) is 5.88. The molecular weight excluding hydrogens is 306 g/mol. The highest BCUT2D eigenvalue weighted by molar-refractivity contribution is 7.16. The zero-order chi connectivity index (χ0) is 15.8. The molecule has 2 aliphatic rings. The van der Waals surface area contributed by atoms with Gasteiger partial charge < -0.3 is 10.2 Å². The number of fused-ring (bicyclic) bond motifs is 2. The van der Waals surface area contributed by atoms with Gasteiger partial charge in [0.05, 0.1) is 4.88 Å². The Balaban J connectivity index is 1.44. The summed E-state index contributed by atoms with van der Waals surface area (Å²) in [6.45, 7) is 5.45. The molecule has 1 N–H and O–H groups in total. The van der Waals surface area contributed by atoms with E-state index in [9.17, 15) is 4.79 Å². The Morgan fingerprint density at radius 3 is 2.91 bits per heavy atom. The maximum atomic E-state index is 12.5. The first kappa shape index (κ1) is 14.8. The molecule has 1 amide bonds. The van der Waals surface area contributed by atoms with Crippen LogP contribution in [0.1, 0.15) is 28.2 Å². The van der Waals surface area contributed by atoms with E-state index in [1.807, 2.05) is 0 Å². The van der Waals surface area contributed by atoms with E-state index in [1.54, 1.807) is 6.20 Å². The van der Waals surface area contributed by atoms with E-state index < -0.39 is 0 Å². The van der Waals surface area contributed by atoms with Crippen molar-refractivity contribution in [3.05, 3.63) is 41.0 Å². The van der Waals surface area contributed by atoms with E-state index in [2.05, 4.69) is 46.4 Å². The lowest BCUT2D eigenvalue weighted by atomic mass is 9.97. The Hall–Kier alpha value is -1.72. The summed E-state index contributed by atoms with van der Waals surface area (Å²) in [6.07, 6.45) is 4.19. The number of carbonyl (C=O) groups is 1. The summed E-state index contributed by atoms with van der Waals surface area (Å²) < 4.78 is 0. The lowest BCUT2D eigenvalue weighted by molar-refractivity contribution is 0.0909. The van der Waals surface area contributed by atoms with Crippen LogP contribution in [0.25, 0.3) is 10.4 Å². The number of nitrogens with zero attached hydrogens (tertiary/aromatic N) is 2. The first-order valence-electron chi connectivity index (χ1n) is 8.23. The van der Waals surface area contributed by atoms with E-state index in [0.29, 0.717) is 5.01 Å². The van der Waals surface area contributed by atoms with Gasteiger partial charge in [-0.3, -0.25) is 4.79 Å². The van der Waals surface area contributed by atoms with Crippen LogP contribution in [-0.4, -0.2) is 41.5 Å². The predicted octanol–water partition coefficient (Wildman–Crippen LogP) is 2.94. The van der Waals surface area contributed by atoms with Gasteiger partial charge in [0.1, 0.15) is 0 Å². The Kier molecular flexibility index (Phi) is 3.91. The fourth-order valence-electron chi connectivity index (χ4n) is 3.64. The molecular formula is C18H21N3OS. The number of amides is 1. The maximum absolute atomic E-state index is 12.5. The predicted molar refractivity (Wildman–Crippen MR) is 92.7 cm³/mol. The Morgan fingerprint density at radius 2 is 2.13 bits per heavy atom. The average molecular weight is 327 g/mol. The van der Waals surface area contributed by atoms with Gasteiger partial charge in [0.25, 0.3) is 5.91 Å². The number of thiazole rings is 1. The molecule has 0 aliphatic carbocycles. The van der Waals surface area contributed by atoms with Crippen LogP contribution < -0.4 is 5.32 Å². The van der Waals surface area contributed by atoms with E-state index >= 15 is 0 Å². The molecule has 3 heterocycles. The second-order valence-electron chi connectivity index (χ2n) is 6.72. The summed E-state index contributed by atoms with van der Waals surface area (Å²) in [5, 5.41) is 3.74. The van der Waals surface area contributed by atoms with E-state index in [1.165, 1.54) is 36.4 Å². The van der Waals surface area contributed by atoms with Crippen LogP contribution in [0.15, 0.2) is 30.5 Å². The molecule has 2 bridgehead atoms. The molecule has 3 unspecified atom stereocenters. The molecule has 5 heteroatoms. The van der Waals surface area contributed by atoms with Crippen LogP contribution in [0, 0.1) is 12.8 Å². The minimum absolute atomic E-state index is 0.0270. The number of benzene rings is 1. The topological polar surface area (TPSA) is 45.2 Å². The van der Waals surface area contributed by atoms with E-state index in [-0.39, 0.29) is 11.9 Å². The summed E-state index contributed by atoms with van der Waals surface area (Å²) in [4.78, 5) is 20.3. The second-order valence-corrected chi connectivity index (χ2v) is 7.75. The van der Waals surface area contributed by atoms with E-state index in [0.717, 1.165) is 29.3 Å². The number of rotatable bonds is 3. The van der Waals surface area contributed by atoms with Gasteiger partial charge >= 0.3 is 0 Å². The molecule has 0 saturated carbocycles. The summed E-state index contributed by atoms with van der Waals surface area (Å²) in [5.74, 6) is 0.731. The number of piperidine rings is 1. The van der Waals surface area contributed by atoms with Crippen molar-refractivity contribution in [1.29, 1.82) is 0 Å². The number of aryl methyl sites for hydroxylation is 1. The Labute approximate surface area is 140 Å². The molecule has 0 spiro atoms. The Bertz CT molecular complexity index is 697. The van der Waals surface area contributed by atoms with Crippen LogP contribution in [0.3, 0.4) is 0 Å². The van der Waals surface area contributed by atoms with Crippen molar-refractivity contribution >= 4 is 17.2 Å². The number of nitrogens with one attached hydrogen (secondary N) is 1. The molecule has 2 aliphatic heterocycles. The lowest BCUT2D eigenvalue weighted by Gasteiger charge is -2.30. The van der Waals surface area contributed by atoms with Gasteiger partial charge in [-0.15, -0.1) is 11.3 Å². The average Bonchev–Trinajstić information content (AvgIpc) is 3.15. The number of hydrogen-bond donors (Lipinski definition) is 1. The van der Waals surface area contributed by atoms with Crippen LogP contribution >= 0.6 is 11.3 Å². The van der Waals surface area contributed by atoms with Crippen LogP contribution in [-0.2, 0) is 0 Å². The number of hydrogen-bond acceptors (Lipinski definition) is 4. The van der Waals surface area contributed by atoms with Crippen molar-refractivity contribution in [3.63, 3.8) is 0 Å². The summed E-state index contributed by atoms with van der Waals surface area (Å²) in [5.41, 5.74) is 2.35. The first-order chi connectivity index (χ1) is 11.2. The molecule has 1 aromatic heterocycles. The molecule has 2 saturated heterocycles. The highest BCUT2D eigenvalue weighted by atomic mass is 32.1. The second kappa shape index (κ2) is 6.06.